The molecule has 1 aromatic heterocycles. The molecule has 144 valence electrons. The number of esters is 1. The van der Waals surface area contributed by atoms with Gasteiger partial charge in [0.2, 0.25) is 0 Å². The zero-order valence-corrected chi connectivity index (χ0v) is 16.8. The van der Waals surface area contributed by atoms with E-state index in [9.17, 15) is 4.79 Å². The summed E-state index contributed by atoms with van der Waals surface area (Å²) in [7, 11) is 1.46. The molecule has 1 aromatic rings. The predicted octanol–water partition coefficient (Wildman–Crippen LogP) is 5.36. The average Bonchev–Trinajstić information content (AvgIpc) is 3.18. The van der Waals surface area contributed by atoms with E-state index in [1.807, 2.05) is 17.5 Å². The van der Waals surface area contributed by atoms with Crippen LogP contribution in [0.25, 0.3) is 11.1 Å². The summed E-state index contributed by atoms with van der Waals surface area (Å²) in [4.78, 5) is 12.9. The molecule has 3 nitrogen and oxygen atoms in total. The maximum absolute atomic E-state index is 12.2. The number of fused-ring (bicyclic) bond motifs is 1. The van der Waals surface area contributed by atoms with Gasteiger partial charge in [-0.3, -0.25) is 0 Å². The summed E-state index contributed by atoms with van der Waals surface area (Å²) in [6, 6.07) is 5.57. The largest absolute Gasteiger partial charge is 0.507 e. The van der Waals surface area contributed by atoms with Crippen molar-refractivity contribution in [3.63, 3.8) is 0 Å². The minimum Gasteiger partial charge on any atom is -0.507 e. The summed E-state index contributed by atoms with van der Waals surface area (Å²) in [5.74, 6) is 5.55. The van der Waals surface area contributed by atoms with Crippen LogP contribution in [-0.4, -0.2) is 18.2 Å². The van der Waals surface area contributed by atoms with Crippen molar-refractivity contribution in [2.45, 2.75) is 43.9 Å². The van der Waals surface area contributed by atoms with Crippen LogP contribution in [0.2, 0.25) is 0 Å². The van der Waals surface area contributed by atoms with Crippen LogP contribution in [0.3, 0.4) is 0 Å². The van der Waals surface area contributed by atoms with E-state index in [1.165, 1.54) is 62.5 Å². The lowest BCUT2D eigenvalue weighted by Crippen LogP contribution is -2.49. The molecule has 0 aliphatic heterocycles. The lowest BCUT2D eigenvalue weighted by molar-refractivity contribution is -0.00577. The highest BCUT2D eigenvalue weighted by atomic mass is 32.1. The second-order valence-corrected chi connectivity index (χ2v) is 9.80. The number of carbonyl (C=O) groups is 1. The van der Waals surface area contributed by atoms with Gasteiger partial charge in [-0.2, -0.15) is 0 Å². The Labute approximate surface area is 169 Å². The van der Waals surface area contributed by atoms with Gasteiger partial charge in [0.15, 0.2) is 0 Å². The normalized spacial score (nSPS) is 30.2. The molecule has 4 saturated carbocycles. The van der Waals surface area contributed by atoms with E-state index in [0.29, 0.717) is 5.75 Å². The van der Waals surface area contributed by atoms with E-state index in [-0.39, 0.29) is 11.4 Å². The Kier molecular flexibility index (Phi) is 4.07. The number of phenols is 1. The highest BCUT2D eigenvalue weighted by Gasteiger charge is 2.53. The molecule has 0 amide bonds. The maximum Gasteiger partial charge on any atom is 0.348 e. The number of ether oxygens (including phenoxy) is 1. The van der Waals surface area contributed by atoms with Gasteiger partial charge >= 0.3 is 5.97 Å². The van der Waals surface area contributed by atoms with Gasteiger partial charge in [0.1, 0.15) is 10.6 Å². The van der Waals surface area contributed by atoms with Crippen LogP contribution < -0.4 is 0 Å². The molecule has 6 aliphatic rings. The fourth-order valence-electron chi connectivity index (χ4n) is 6.39. The molecule has 0 radical (unpaired) electrons. The van der Waals surface area contributed by atoms with E-state index in [2.05, 4.69) is 5.92 Å². The molecule has 28 heavy (non-hydrogen) atoms. The molecule has 0 saturated heterocycles. The Hall–Kier alpha value is -2.25. The number of phenolic OH excluding ortho intramolecular Hbond substituents is 1. The fourth-order valence-corrected chi connectivity index (χ4v) is 7.43. The summed E-state index contributed by atoms with van der Waals surface area (Å²) in [6.45, 7) is 0. The van der Waals surface area contributed by atoms with Gasteiger partial charge in [0.25, 0.3) is 0 Å². The number of aromatic hydroxyl groups is 1. The number of terminal acetylenes is 1. The molecule has 4 fully saturated rings. The summed E-state index contributed by atoms with van der Waals surface area (Å²) in [6.07, 6.45) is 13.6. The van der Waals surface area contributed by atoms with E-state index in [4.69, 9.17) is 16.3 Å². The summed E-state index contributed by atoms with van der Waals surface area (Å²) >= 11 is 1.47. The molecule has 4 bridgehead atoms. The van der Waals surface area contributed by atoms with Crippen molar-refractivity contribution in [1.29, 1.82) is 0 Å². The summed E-state index contributed by atoms with van der Waals surface area (Å²) in [5, 5.41) is 10.8. The molecular formula is C24H24O3S. The van der Waals surface area contributed by atoms with Crippen molar-refractivity contribution in [2.75, 3.05) is 7.11 Å². The Morgan fingerprint density at radius 3 is 2.25 bits per heavy atom. The van der Waals surface area contributed by atoms with Crippen LogP contribution in [0, 0.1) is 30.1 Å². The molecule has 6 aliphatic carbocycles. The number of methoxy groups -OCH3 is 1. The first-order valence-corrected chi connectivity index (χ1v) is 10.9. The zero-order chi connectivity index (χ0) is 19.5. The maximum atomic E-state index is 12.2. The molecular weight excluding hydrogens is 368 g/mol. The van der Waals surface area contributed by atoms with Gasteiger partial charge in [0, 0.05) is 16.5 Å². The van der Waals surface area contributed by atoms with Crippen molar-refractivity contribution in [1.82, 2.24) is 0 Å². The van der Waals surface area contributed by atoms with E-state index >= 15 is 0 Å². The van der Waals surface area contributed by atoms with Gasteiger partial charge < -0.3 is 9.84 Å². The minimum atomic E-state index is -0.216. The van der Waals surface area contributed by atoms with Crippen molar-refractivity contribution in [2.24, 2.45) is 17.8 Å². The van der Waals surface area contributed by atoms with Crippen molar-refractivity contribution in [3.05, 3.63) is 39.6 Å². The first-order valence-electron chi connectivity index (χ1n) is 10.0. The standard InChI is InChI=1S/C18H20O2S.C6H4O/c1-3-14-10-21-16(17(19)20-2)15(14)18-7-11-4-12(8-18)6-13(5-11)9-18;7-6-2-1-4-3-5(4)6/h1,10-13H,4-9H2,2H3;1-3,7H. The molecule has 0 spiro atoms. The van der Waals surface area contributed by atoms with E-state index in [0.717, 1.165) is 39.3 Å². The molecule has 0 unspecified atom stereocenters. The lowest BCUT2D eigenvalue weighted by atomic mass is 9.47. The third-order valence-corrected chi connectivity index (χ3v) is 8.07. The van der Waals surface area contributed by atoms with Crippen LogP contribution in [-0.2, 0) is 10.2 Å². The highest BCUT2D eigenvalue weighted by molar-refractivity contribution is 7.12. The quantitative estimate of drug-likeness (QED) is 0.472. The Bertz CT molecular complexity index is 958. The summed E-state index contributed by atoms with van der Waals surface area (Å²) < 4.78 is 5.00. The Balaban J connectivity index is 0.000000203. The smallest absolute Gasteiger partial charge is 0.348 e. The number of hydrogen-bond acceptors (Lipinski definition) is 4. The molecule has 4 heteroatoms. The number of benzene rings is 1. The first kappa shape index (κ1) is 17.8. The number of thiophene rings is 1. The van der Waals surface area contributed by atoms with Gasteiger partial charge in [-0.05, 0) is 85.0 Å². The topological polar surface area (TPSA) is 46.5 Å². The number of hydrogen-bond donors (Lipinski definition) is 1. The molecule has 0 atom stereocenters. The molecule has 0 aromatic carbocycles. The predicted molar refractivity (Wildman–Crippen MR) is 111 cm³/mol. The monoisotopic (exact) mass is 392 g/mol. The Morgan fingerprint density at radius 2 is 1.86 bits per heavy atom. The van der Waals surface area contributed by atoms with Gasteiger partial charge in [-0.1, -0.05) is 12.0 Å². The molecule has 1 N–H and O–H groups in total. The van der Waals surface area contributed by atoms with Crippen LogP contribution in [0.4, 0.5) is 0 Å². The fraction of sp³-hybridized carbons (Fsp3) is 0.458. The lowest BCUT2D eigenvalue weighted by Gasteiger charge is -2.57. The van der Waals surface area contributed by atoms with Crippen LogP contribution in [0.15, 0.2) is 23.6 Å². The third kappa shape index (κ3) is 2.76. The van der Waals surface area contributed by atoms with E-state index in [1.54, 1.807) is 6.07 Å². The Morgan fingerprint density at radius 1 is 1.21 bits per heavy atom. The molecule has 1 heterocycles. The van der Waals surface area contributed by atoms with Crippen LogP contribution in [0.1, 0.15) is 59.3 Å². The SMILES string of the molecule is C#Cc1csc(C(=O)OC)c1C12CC3CC(CC(C3)C1)C2.Oc1ccc2cc1-2. The number of carbonyl (C=O) groups excluding carboxylic acids is 1. The van der Waals surface area contributed by atoms with Gasteiger partial charge in [-0.25, -0.2) is 4.79 Å². The van der Waals surface area contributed by atoms with Crippen molar-refractivity contribution >= 4 is 17.3 Å². The summed E-state index contributed by atoms with van der Waals surface area (Å²) in [5.41, 5.74) is 4.46. The van der Waals surface area contributed by atoms with Gasteiger partial charge in [-0.15, -0.1) is 17.8 Å². The highest BCUT2D eigenvalue weighted by Crippen LogP contribution is 2.62. The number of rotatable bonds is 2. The van der Waals surface area contributed by atoms with E-state index < -0.39 is 0 Å². The zero-order valence-electron chi connectivity index (χ0n) is 16.0. The first-order chi connectivity index (χ1) is 13.5. The minimum absolute atomic E-state index is 0.153. The van der Waals surface area contributed by atoms with Gasteiger partial charge in [0.05, 0.1) is 7.11 Å². The van der Waals surface area contributed by atoms with Crippen molar-refractivity contribution in [3.8, 4) is 29.2 Å². The van der Waals surface area contributed by atoms with Crippen LogP contribution >= 0.6 is 11.3 Å². The second kappa shape index (κ2) is 6.39. The average molecular weight is 393 g/mol. The third-order valence-electron chi connectivity index (χ3n) is 7.11. The molecule has 7 rings (SSSR count). The van der Waals surface area contributed by atoms with Crippen molar-refractivity contribution < 1.29 is 14.6 Å². The van der Waals surface area contributed by atoms with Crippen LogP contribution in [0.5, 0.6) is 5.75 Å². The second-order valence-electron chi connectivity index (χ2n) is 8.92.